The monoisotopic (exact) mass is 162 g/mol. The zero-order chi connectivity index (χ0) is 8.60. The first kappa shape index (κ1) is 7.35. The average molecular weight is 162 g/mol. The van der Waals surface area contributed by atoms with E-state index in [1.165, 1.54) is 0 Å². The molecule has 62 valence electrons. The molecule has 0 aromatic carbocycles. The standard InChI is InChI=1S/C10H10O2/c1-10-6-4-2-3-5-9(10)12-7-8(10)11/h2-6H,7H2,1H3. The normalized spacial score (nSPS) is 32.4. The van der Waals surface area contributed by atoms with Crippen LogP contribution in [0.25, 0.3) is 0 Å². The van der Waals surface area contributed by atoms with Crippen molar-refractivity contribution in [2.24, 2.45) is 5.41 Å². The second-order valence-electron chi connectivity index (χ2n) is 3.19. The van der Waals surface area contributed by atoms with Gasteiger partial charge in [-0.25, -0.2) is 0 Å². The fourth-order valence-electron chi connectivity index (χ4n) is 1.43. The van der Waals surface area contributed by atoms with E-state index in [2.05, 4.69) is 0 Å². The van der Waals surface area contributed by atoms with E-state index in [9.17, 15) is 4.79 Å². The summed E-state index contributed by atoms with van der Waals surface area (Å²) < 4.78 is 5.26. The second kappa shape index (κ2) is 2.34. The van der Waals surface area contributed by atoms with Gasteiger partial charge in [-0.05, 0) is 13.0 Å². The van der Waals surface area contributed by atoms with E-state index < -0.39 is 5.41 Å². The fraction of sp³-hybridized carbons (Fsp3) is 0.300. The summed E-state index contributed by atoms with van der Waals surface area (Å²) in [5, 5.41) is 0. The van der Waals surface area contributed by atoms with Crippen LogP contribution in [0.2, 0.25) is 0 Å². The first-order chi connectivity index (χ1) is 5.73. The number of hydrogen-bond donors (Lipinski definition) is 0. The summed E-state index contributed by atoms with van der Waals surface area (Å²) in [5.41, 5.74) is -0.510. The lowest BCUT2D eigenvalue weighted by molar-refractivity contribution is -0.122. The van der Waals surface area contributed by atoms with Crippen molar-refractivity contribution in [3.8, 4) is 0 Å². The lowest BCUT2D eigenvalue weighted by atomic mass is 9.85. The molecule has 0 N–H and O–H groups in total. The van der Waals surface area contributed by atoms with Crippen molar-refractivity contribution in [1.82, 2.24) is 0 Å². The maximum atomic E-state index is 11.4. The Morgan fingerprint density at radius 2 is 2.25 bits per heavy atom. The van der Waals surface area contributed by atoms with Gasteiger partial charge in [-0.3, -0.25) is 4.79 Å². The molecule has 1 atom stereocenters. The van der Waals surface area contributed by atoms with Crippen molar-refractivity contribution in [3.63, 3.8) is 0 Å². The Hall–Kier alpha value is -1.31. The molecule has 2 heteroatoms. The van der Waals surface area contributed by atoms with Crippen LogP contribution < -0.4 is 0 Å². The van der Waals surface area contributed by atoms with E-state index in [1.54, 1.807) is 0 Å². The van der Waals surface area contributed by atoms with E-state index in [1.807, 2.05) is 37.3 Å². The summed E-state index contributed by atoms with van der Waals surface area (Å²) in [6.07, 6.45) is 9.40. The van der Waals surface area contributed by atoms with E-state index in [4.69, 9.17) is 4.74 Å². The number of ketones is 1. The molecule has 1 aliphatic heterocycles. The number of carbonyl (C=O) groups excluding carboxylic acids is 1. The Balaban J connectivity index is 2.51. The maximum absolute atomic E-state index is 11.4. The van der Waals surface area contributed by atoms with Crippen LogP contribution in [0.15, 0.2) is 36.1 Å². The predicted molar refractivity (Wildman–Crippen MR) is 45.4 cm³/mol. The summed E-state index contributed by atoms with van der Waals surface area (Å²) in [7, 11) is 0. The average Bonchev–Trinajstić information content (AvgIpc) is 2.24. The van der Waals surface area contributed by atoms with E-state index >= 15 is 0 Å². The van der Waals surface area contributed by atoms with E-state index in [0.29, 0.717) is 0 Å². The molecule has 0 radical (unpaired) electrons. The number of fused-ring (bicyclic) bond motifs is 1. The molecule has 2 nitrogen and oxygen atoms in total. The smallest absolute Gasteiger partial charge is 0.187 e. The summed E-state index contributed by atoms with van der Waals surface area (Å²) >= 11 is 0. The molecule has 2 aliphatic rings. The molecule has 1 saturated heterocycles. The Kier molecular flexibility index (Phi) is 1.43. The van der Waals surface area contributed by atoms with Gasteiger partial charge in [0.05, 0.1) is 0 Å². The third-order valence-electron chi connectivity index (χ3n) is 2.35. The molecule has 0 amide bonds. The highest BCUT2D eigenvalue weighted by molar-refractivity contribution is 5.92. The zero-order valence-corrected chi connectivity index (χ0v) is 6.91. The first-order valence-electron chi connectivity index (χ1n) is 3.96. The zero-order valence-electron chi connectivity index (χ0n) is 6.91. The van der Waals surface area contributed by atoms with Crippen LogP contribution in [0.5, 0.6) is 0 Å². The molecule has 0 saturated carbocycles. The molecule has 1 unspecified atom stereocenters. The highest BCUT2D eigenvalue weighted by atomic mass is 16.5. The van der Waals surface area contributed by atoms with Gasteiger partial charge in [0.25, 0.3) is 0 Å². The van der Waals surface area contributed by atoms with Crippen LogP contribution in [0.1, 0.15) is 6.92 Å². The predicted octanol–water partition coefficient (Wildman–Crippen LogP) is 1.60. The summed E-state index contributed by atoms with van der Waals surface area (Å²) in [6.45, 7) is 2.10. The van der Waals surface area contributed by atoms with Gasteiger partial charge in [-0.15, -0.1) is 0 Å². The largest absolute Gasteiger partial charge is 0.489 e. The number of carbonyl (C=O) groups is 1. The number of hydrogen-bond acceptors (Lipinski definition) is 2. The van der Waals surface area contributed by atoms with Crippen molar-refractivity contribution in [1.29, 1.82) is 0 Å². The molecule has 1 heterocycles. The molecular weight excluding hydrogens is 152 g/mol. The van der Waals surface area contributed by atoms with Gasteiger partial charge in [0.15, 0.2) is 5.78 Å². The van der Waals surface area contributed by atoms with Gasteiger partial charge in [0.2, 0.25) is 0 Å². The number of Topliss-reactive ketones (excluding diaryl/α,β-unsaturated/α-hetero) is 1. The van der Waals surface area contributed by atoms with Gasteiger partial charge < -0.3 is 4.74 Å². The first-order valence-corrected chi connectivity index (χ1v) is 3.96. The van der Waals surface area contributed by atoms with Gasteiger partial charge in [0.1, 0.15) is 17.8 Å². The van der Waals surface area contributed by atoms with Crippen molar-refractivity contribution < 1.29 is 9.53 Å². The second-order valence-corrected chi connectivity index (χ2v) is 3.19. The van der Waals surface area contributed by atoms with Gasteiger partial charge in [0, 0.05) is 0 Å². The topological polar surface area (TPSA) is 26.3 Å². The Morgan fingerprint density at radius 3 is 3.08 bits per heavy atom. The minimum Gasteiger partial charge on any atom is -0.489 e. The van der Waals surface area contributed by atoms with Crippen LogP contribution in [0.3, 0.4) is 0 Å². The van der Waals surface area contributed by atoms with Crippen molar-refractivity contribution in [2.45, 2.75) is 6.92 Å². The van der Waals surface area contributed by atoms with Crippen molar-refractivity contribution >= 4 is 5.78 Å². The number of ether oxygens (including phenoxy) is 1. The lowest BCUT2D eigenvalue weighted by Crippen LogP contribution is -2.21. The van der Waals surface area contributed by atoms with Crippen LogP contribution in [0, 0.1) is 5.41 Å². The molecule has 0 spiro atoms. The van der Waals surface area contributed by atoms with Crippen LogP contribution in [0.4, 0.5) is 0 Å². The molecule has 12 heavy (non-hydrogen) atoms. The summed E-state index contributed by atoms with van der Waals surface area (Å²) in [4.78, 5) is 11.4. The Labute approximate surface area is 71.2 Å². The molecule has 0 aromatic heterocycles. The quantitative estimate of drug-likeness (QED) is 0.540. The molecule has 2 rings (SSSR count). The highest BCUT2D eigenvalue weighted by Crippen LogP contribution is 2.37. The third-order valence-corrected chi connectivity index (χ3v) is 2.35. The highest BCUT2D eigenvalue weighted by Gasteiger charge is 2.41. The Bertz CT molecular complexity index is 310. The number of allylic oxidation sites excluding steroid dienone is 5. The van der Waals surface area contributed by atoms with Gasteiger partial charge in [-0.1, -0.05) is 24.3 Å². The van der Waals surface area contributed by atoms with Crippen LogP contribution in [-0.4, -0.2) is 12.4 Å². The maximum Gasteiger partial charge on any atom is 0.187 e. The van der Waals surface area contributed by atoms with E-state index in [-0.39, 0.29) is 12.4 Å². The fourth-order valence-corrected chi connectivity index (χ4v) is 1.43. The summed E-state index contributed by atoms with van der Waals surface area (Å²) in [5.74, 6) is 0.895. The molecule has 0 bridgehead atoms. The Morgan fingerprint density at radius 1 is 1.42 bits per heavy atom. The minimum atomic E-state index is -0.510. The third kappa shape index (κ3) is 0.843. The van der Waals surface area contributed by atoms with Crippen molar-refractivity contribution in [2.75, 3.05) is 6.61 Å². The lowest BCUT2D eigenvalue weighted by Gasteiger charge is -2.14. The summed E-state index contributed by atoms with van der Waals surface area (Å²) in [6, 6.07) is 0. The van der Waals surface area contributed by atoms with Crippen LogP contribution in [-0.2, 0) is 9.53 Å². The molecule has 1 aliphatic carbocycles. The van der Waals surface area contributed by atoms with Crippen molar-refractivity contribution in [3.05, 3.63) is 36.1 Å². The molecule has 0 aromatic rings. The van der Waals surface area contributed by atoms with Gasteiger partial charge in [-0.2, -0.15) is 0 Å². The van der Waals surface area contributed by atoms with Gasteiger partial charge >= 0.3 is 0 Å². The molecule has 1 fully saturated rings. The minimum absolute atomic E-state index is 0.133. The SMILES string of the molecule is CC12C=CC=CC=C1OCC2=O. The van der Waals surface area contributed by atoms with E-state index in [0.717, 1.165) is 5.76 Å². The molecular formula is C10H10O2. The number of rotatable bonds is 0. The van der Waals surface area contributed by atoms with Crippen LogP contribution >= 0.6 is 0 Å².